The van der Waals surface area contributed by atoms with Gasteiger partial charge in [-0.2, -0.15) is 4.31 Å². The first-order valence-electron chi connectivity index (χ1n) is 8.45. The van der Waals surface area contributed by atoms with Crippen LogP contribution in [0, 0.1) is 0 Å². The summed E-state index contributed by atoms with van der Waals surface area (Å²) in [4.78, 5) is 11.7. The highest BCUT2D eigenvalue weighted by Gasteiger charge is 2.39. The molecule has 0 spiro atoms. The number of methoxy groups -OCH3 is 2. The maximum absolute atomic E-state index is 13.2. The van der Waals surface area contributed by atoms with Gasteiger partial charge >= 0.3 is 5.97 Å². The third-order valence-corrected chi connectivity index (χ3v) is 6.63. The Morgan fingerprint density at radius 1 is 1.11 bits per heavy atom. The van der Waals surface area contributed by atoms with Crippen molar-refractivity contribution in [2.45, 2.75) is 16.9 Å². The molecule has 27 heavy (non-hydrogen) atoms. The Hall–Kier alpha value is -2.42. The van der Waals surface area contributed by atoms with Gasteiger partial charge in [-0.25, -0.2) is 13.2 Å². The molecular weight excluding hydrogens is 368 g/mol. The zero-order chi connectivity index (χ0) is 19.6. The lowest BCUT2D eigenvalue weighted by Crippen LogP contribution is -2.32. The number of rotatable bonds is 5. The highest BCUT2D eigenvalue weighted by molar-refractivity contribution is 7.89. The van der Waals surface area contributed by atoms with Gasteiger partial charge in [-0.3, -0.25) is 0 Å². The van der Waals surface area contributed by atoms with E-state index in [4.69, 9.17) is 10.5 Å². The van der Waals surface area contributed by atoms with Crippen LogP contribution in [0.5, 0.6) is 5.75 Å². The number of nitrogens with zero attached hydrogens (tertiary/aromatic N) is 1. The molecule has 0 amide bonds. The van der Waals surface area contributed by atoms with E-state index in [2.05, 4.69) is 4.74 Å². The second-order valence-electron chi connectivity index (χ2n) is 6.36. The molecule has 0 saturated carbocycles. The van der Waals surface area contributed by atoms with Crippen LogP contribution in [0.1, 0.15) is 21.8 Å². The minimum absolute atomic E-state index is 0.00133. The summed E-state index contributed by atoms with van der Waals surface area (Å²) >= 11 is 0. The van der Waals surface area contributed by atoms with E-state index in [0.717, 1.165) is 5.56 Å². The van der Waals surface area contributed by atoms with Crippen molar-refractivity contribution >= 4 is 16.0 Å². The van der Waals surface area contributed by atoms with E-state index in [-0.39, 0.29) is 41.3 Å². The largest absolute Gasteiger partial charge is 0.495 e. The van der Waals surface area contributed by atoms with Crippen molar-refractivity contribution in [1.82, 2.24) is 4.31 Å². The fourth-order valence-corrected chi connectivity index (χ4v) is 4.95. The van der Waals surface area contributed by atoms with Crippen LogP contribution in [-0.2, 0) is 14.8 Å². The Labute approximate surface area is 158 Å². The molecule has 8 heteroatoms. The van der Waals surface area contributed by atoms with Gasteiger partial charge < -0.3 is 15.2 Å². The minimum Gasteiger partial charge on any atom is -0.495 e. The number of sulfonamides is 1. The number of esters is 1. The quantitative estimate of drug-likeness (QED) is 0.779. The van der Waals surface area contributed by atoms with Crippen LogP contribution in [0.4, 0.5) is 0 Å². The van der Waals surface area contributed by atoms with Crippen molar-refractivity contribution in [1.29, 1.82) is 0 Å². The third kappa shape index (κ3) is 3.69. The van der Waals surface area contributed by atoms with Gasteiger partial charge in [0.1, 0.15) is 10.6 Å². The summed E-state index contributed by atoms with van der Waals surface area (Å²) in [7, 11) is -1.21. The average Bonchev–Trinajstić information content (AvgIpc) is 3.10. The van der Waals surface area contributed by atoms with Crippen LogP contribution in [0.2, 0.25) is 0 Å². The molecule has 7 nitrogen and oxygen atoms in total. The highest BCUT2D eigenvalue weighted by Crippen LogP contribution is 2.34. The number of carbonyl (C=O) groups is 1. The van der Waals surface area contributed by atoms with Crippen LogP contribution in [0.15, 0.2) is 53.4 Å². The molecule has 1 aliphatic rings. The predicted molar refractivity (Wildman–Crippen MR) is 100 cm³/mol. The maximum Gasteiger partial charge on any atom is 0.337 e. The van der Waals surface area contributed by atoms with Gasteiger partial charge in [-0.05, 0) is 23.8 Å². The number of ether oxygens (including phenoxy) is 2. The first-order valence-corrected chi connectivity index (χ1v) is 9.89. The number of hydrogen-bond acceptors (Lipinski definition) is 6. The van der Waals surface area contributed by atoms with Gasteiger partial charge in [0.2, 0.25) is 10.0 Å². The number of benzene rings is 2. The van der Waals surface area contributed by atoms with Crippen LogP contribution < -0.4 is 10.5 Å². The lowest BCUT2D eigenvalue weighted by molar-refractivity contribution is 0.0600. The summed E-state index contributed by atoms with van der Waals surface area (Å²) in [6.45, 7) is 0.499. The molecule has 2 aromatic carbocycles. The molecule has 2 aromatic rings. The van der Waals surface area contributed by atoms with Crippen molar-refractivity contribution in [2.24, 2.45) is 5.73 Å². The molecule has 0 aliphatic carbocycles. The van der Waals surface area contributed by atoms with E-state index in [1.807, 2.05) is 30.3 Å². The van der Waals surface area contributed by atoms with Gasteiger partial charge in [-0.15, -0.1) is 0 Å². The van der Waals surface area contributed by atoms with Crippen LogP contribution in [0.25, 0.3) is 0 Å². The molecule has 1 aliphatic heterocycles. The normalized spacial score (nSPS) is 20.4. The molecule has 0 aromatic heterocycles. The van der Waals surface area contributed by atoms with Crippen molar-refractivity contribution in [3.05, 3.63) is 59.7 Å². The first-order chi connectivity index (χ1) is 12.9. The van der Waals surface area contributed by atoms with Crippen LogP contribution in [-0.4, -0.2) is 52.0 Å². The number of nitrogens with two attached hydrogens (primary N) is 1. The van der Waals surface area contributed by atoms with E-state index < -0.39 is 16.0 Å². The van der Waals surface area contributed by atoms with Crippen molar-refractivity contribution < 1.29 is 22.7 Å². The lowest BCUT2D eigenvalue weighted by Gasteiger charge is -2.18. The standard InChI is InChI=1S/C19H22N2O5S/c1-25-17-10-14(19(22)26-2)8-9-18(17)27(23,24)21-11-15(16(20)12-21)13-6-4-3-5-7-13/h3-10,15-16H,11-12,20H2,1-2H3/t15-,16+/m0/s1. The molecule has 0 unspecified atom stereocenters. The molecule has 1 fully saturated rings. The molecule has 1 saturated heterocycles. The number of carbonyl (C=O) groups excluding carboxylic acids is 1. The van der Waals surface area contributed by atoms with E-state index >= 15 is 0 Å². The zero-order valence-corrected chi connectivity index (χ0v) is 16.0. The maximum atomic E-state index is 13.2. The summed E-state index contributed by atoms with van der Waals surface area (Å²) in [6, 6.07) is 13.5. The van der Waals surface area contributed by atoms with Gasteiger partial charge in [-0.1, -0.05) is 30.3 Å². The van der Waals surface area contributed by atoms with Gasteiger partial charge in [0.25, 0.3) is 0 Å². The van der Waals surface area contributed by atoms with Crippen molar-refractivity contribution in [2.75, 3.05) is 27.3 Å². The minimum atomic E-state index is -3.83. The van der Waals surface area contributed by atoms with Gasteiger partial charge in [0, 0.05) is 25.0 Å². The summed E-state index contributed by atoms with van der Waals surface area (Å²) in [5.74, 6) is -0.555. The smallest absolute Gasteiger partial charge is 0.337 e. The molecule has 144 valence electrons. The van der Waals surface area contributed by atoms with Crippen LogP contribution >= 0.6 is 0 Å². The first kappa shape index (κ1) is 19.3. The summed E-state index contributed by atoms with van der Waals surface area (Å²) < 4.78 is 37.6. The Kier molecular flexibility index (Phi) is 5.50. The molecule has 1 heterocycles. The second-order valence-corrected chi connectivity index (χ2v) is 8.27. The molecule has 3 rings (SSSR count). The highest BCUT2D eigenvalue weighted by atomic mass is 32.2. The SMILES string of the molecule is COC(=O)c1ccc(S(=O)(=O)N2C[C@@H](N)[C@H](c3ccccc3)C2)c(OC)c1. The molecule has 0 bridgehead atoms. The van der Waals surface area contributed by atoms with E-state index in [1.165, 1.54) is 36.7 Å². The topological polar surface area (TPSA) is 98.9 Å². The van der Waals surface area contributed by atoms with Gasteiger partial charge in [0.05, 0.1) is 19.8 Å². The van der Waals surface area contributed by atoms with Crippen molar-refractivity contribution in [3.63, 3.8) is 0 Å². The molecule has 0 radical (unpaired) electrons. The fraction of sp³-hybridized carbons (Fsp3) is 0.316. The zero-order valence-electron chi connectivity index (χ0n) is 15.2. The predicted octanol–water partition coefficient (Wildman–Crippen LogP) is 1.60. The summed E-state index contributed by atoms with van der Waals surface area (Å²) in [6.07, 6.45) is 0. The fourth-order valence-electron chi connectivity index (χ4n) is 3.31. The van der Waals surface area contributed by atoms with E-state index in [0.29, 0.717) is 0 Å². The monoisotopic (exact) mass is 390 g/mol. The van der Waals surface area contributed by atoms with Gasteiger partial charge in [0.15, 0.2) is 0 Å². The Morgan fingerprint density at radius 2 is 1.81 bits per heavy atom. The summed E-state index contributed by atoms with van der Waals surface area (Å²) in [5, 5.41) is 0. The molecule has 2 N–H and O–H groups in total. The molecular formula is C19H22N2O5S. The summed E-state index contributed by atoms with van der Waals surface area (Å²) in [5.41, 5.74) is 7.46. The average molecular weight is 390 g/mol. The second kappa shape index (κ2) is 7.67. The van der Waals surface area contributed by atoms with Crippen LogP contribution in [0.3, 0.4) is 0 Å². The Bertz CT molecular complexity index is 930. The Morgan fingerprint density at radius 3 is 2.44 bits per heavy atom. The van der Waals surface area contributed by atoms with E-state index in [1.54, 1.807) is 0 Å². The lowest BCUT2D eigenvalue weighted by atomic mass is 9.95. The molecule has 2 atom stereocenters. The Balaban J connectivity index is 1.92. The third-order valence-electron chi connectivity index (χ3n) is 4.76. The van der Waals surface area contributed by atoms with Crippen molar-refractivity contribution in [3.8, 4) is 5.75 Å². The number of hydrogen-bond donors (Lipinski definition) is 1. The van der Waals surface area contributed by atoms with E-state index in [9.17, 15) is 13.2 Å².